The molecule has 0 saturated carbocycles. The Morgan fingerprint density at radius 2 is 0.914 bits per heavy atom. The molecule has 180 valence electrons. The van der Waals surface area contributed by atoms with Crippen LogP contribution in [0.4, 0.5) is 0 Å². The third-order valence-electron chi connectivity index (χ3n) is 6.22. The van der Waals surface area contributed by atoms with Crippen molar-refractivity contribution in [3.63, 3.8) is 0 Å². The molecule has 35 heavy (non-hydrogen) atoms. The molecule has 7 heteroatoms. The third-order valence-corrected chi connectivity index (χ3v) is 16.8. The molecule has 6 rings (SSSR count). The third kappa shape index (κ3) is 7.09. The minimum atomic E-state index is -1.22. The molecule has 0 radical (unpaired) electrons. The molecule has 2 unspecified atom stereocenters. The molecule has 0 N–H and O–H groups in total. The van der Waals surface area contributed by atoms with E-state index in [4.69, 9.17) is 39.6 Å². The van der Waals surface area contributed by atoms with E-state index in [1.807, 2.05) is 0 Å². The maximum atomic E-state index is 6.70. The maximum absolute atomic E-state index is 6.70. The number of rotatable bonds is 2. The quantitative estimate of drug-likeness (QED) is 0.272. The molecule has 2 aromatic carbocycles. The summed E-state index contributed by atoms with van der Waals surface area (Å²) in [6.07, 6.45) is 16.6. The van der Waals surface area contributed by atoms with Crippen LogP contribution in [0, 0.1) is 0 Å². The second kappa shape index (κ2) is 14.2. The Bertz CT molecular complexity index is 1140. The van der Waals surface area contributed by atoms with Crippen molar-refractivity contribution in [2.45, 2.75) is 38.5 Å². The first-order valence-electron chi connectivity index (χ1n) is 11.7. The van der Waals surface area contributed by atoms with E-state index in [0.717, 1.165) is 0 Å². The van der Waals surface area contributed by atoms with Crippen molar-refractivity contribution in [3.05, 3.63) is 116 Å². The summed E-state index contributed by atoms with van der Waals surface area (Å²) < 4.78 is 5.90. The summed E-state index contributed by atoms with van der Waals surface area (Å²) in [7, 11) is 23.3. The van der Waals surface area contributed by atoms with E-state index in [2.05, 4.69) is 85.0 Å². The molecule has 2 atom stereocenters. The Hall–Kier alpha value is -0.0377. The Morgan fingerprint density at radius 1 is 0.543 bits per heavy atom. The van der Waals surface area contributed by atoms with Crippen LogP contribution in [0.2, 0.25) is 0 Å². The SMILES string of the molecule is Cl[Se]1=C(c2ccccc2)C=CC2=C1CCC2.Cl[Se]1=C(c2ccccc2)C=CC2=C1CCC2.[Cl][Zn][Cl]. The van der Waals surface area contributed by atoms with Gasteiger partial charge >= 0.3 is 243 Å². The van der Waals surface area contributed by atoms with Crippen molar-refractivity contribution in [1.82, 2.24) is 0 Å². The minimum absolute atomic E-state index is 0.931. The van der Waals surface area contributed by atoms with Crippen LogP contribution in [0.15, 0.2) is 105 Å². The first-order chi connectivity index (χ1) is 17.1. The van der Waals surface area contributed by atoms with Crippen LogP contribution in [-0.2, 0) is 15.1 Å². The van der Waals surface area contributed by atoms with Gasteiger partial charge in [0, 0.05) is 0 Å². The summed E-state index contributed by atoms with van der Waals surface area (Å²) in [5.41, 5.74) is 5.66. The summed E-state index contributed by atoms with van der Waals surface area (Å²) >= 11 is -3.37. The molecule has 0 aromatic heterocycles. The molecular weight excluding hydrogens is 701 g/mol. The van der Waals surface area contributed by atoms with Gasteiger partial charge < -0.3 is 0 Å². The number of allylic oxidation sites excluding steroid dienone is 8. The molecule has 2 aliphatic carbocycles. The molecule has 0 spiro atoms. The summed E-state index contributed by atoms with van der Waals surface area (Å²) in [5, 5.41) is 0. The van der Waals surface area contributed by atoms with Crippen LogP contribution >= 0.6 is 39.6 Å². The van der Waals surface area contributed by atoms with Gasteiger partial charge in [0.2, 0.25) is 0 Å². The summed E-state index contributed by atoms with van der Waals surface area (Å²) in [6, 6.07) is 21.1. The summed E-state index contributed by atoms with van der Waals surface area (Å²) in [6.45, 7) is 0. The Labute approximate surface area is 241 Å². The van der Waals surface area contributed by atoms with Crippen LogP contribution < -0.4 is 0 Å². The van der Waals surface area contributed by atoms with E-state index in [-0.39, 0.29) is 0 Å². The van der Waals surface area contributed by atoms with Crippen molar-refractivity contribution in [1.29, 1.82) is 0 Å². The van der Waals surface area contributed by atoms with Crippen LogP contribution in [0.1, 0.15) is 49.7 Å². The first kappa shape index (κ1) is 28.0. The number of hydrogen-bond donors (Lipinski definition) is 0. The van der Waals surface area contributed by atoms with Crippen molar-refractivity contribution in [2.75, 3.05) is 0 Å². The van der Waals surface area contributed by atoms with E-state index >= 15 is 0 Å². The van der Waals surface area contributed by atoms with E-state index in [9.17, 15) is 0 Å². The van der Waals surface area contributed by atoms with Crippen molar-refractivity contribution in [3.8, 4) is 0 Å². The fourth-order valence-electron chi connectivity index (χ4n) is 4.58. The van der Waals surface area contributed by atoms with Gasteiger partial charge in [-0.05, 0) is 0 Å². The molecule has 0 amide bonds. The van der Waals surface area contributed by atoms with Gasteiger partial charge in [0.1, 0.15) is 0 Å². The number of hydrogen-bond acceptors (Lipinski definition) is 0. The van der Waals surface area contributed by atoms with Gasteiger partial charge in [0.05, 0.1) is 0 Å². The standard InChI is InChI=1S/2C14H13ClSe.2ClH.Zn/c2*15-16-13-8-4-7-12(13)9-10-14(16)11-5-2-1-3-6-11;;;/h2*1-3,5-6,9-10H,4,7-8H2;2*1H;/q;;;;+2/p-2. The van der Waals surface area contributed by atoms with Gasteiger partial charge in [-0.3, -0.25) is 0 Å². The molecule has 0 bridgehead atoms. The second-order valence-electron chi connectivity index (χ2n) is 8.34. The molecule has 0 fully saturated rings. The van der Waals surface area contributed by atoms with Crippen molar-refractivity contribution in [2.24, 2.45) is 0 Å². The van der Waals surface area contributed by atoms with Crippen molar-refractivity contribution < 1.29 is 15.1 Å². The molecule has 4 aliphatic rings. The van der Waals surface area contributed by atoms with E-state index in [1.54, 1.807) is 8.94 Å². The van der Waals surface area contributed by atoms with Gasteiger partial charge in [-0.25, -0.2) is 0 Å². The summed E-state index contributed by atoms with van der Waals surface area (Å²) in [5.74, 6) is 0. The first-order valence-corrected chi connectivity index (χ1v) is 27.4. The molecule has 2 aromatic rings. The predicted octanol–water partition coefficient (Wildman–Crippen LogP) is 8.59. The van der Waals surface area contributed by atoms with Gasteiger partial charge in [-0.1, -0.05) is 0 Å². The molecule has 2 heterocycles. The monoisotopic (exact) mass is 726 g/mol. The zero-order valence-electron chi connectivity index (χ0n) is 19.4. The second-order valence-corrected chi connectivity index (χ2v) is 22.2. The Morgan fingerprint density at radius 3 is 1.29 bits per heavy atom. The van der Waals surface area contributed by atoms with Crippen LogP contribution in [0.3, 0.4) is 0 Å². The van der Waals surface area contributed by atoms with Gasteiger partial charge in [-0.2, -0.15) is 0 Å². The normalized spacial score (nSPS) is 22.1. The zero-order valence-corrected chi connectivity index (χ0v) is 28.8. The molecule has 0 nitrogen and oxygen atoms in total. The van der Waals surface area contributed by atoms with Crippen LogP contribution in [0.5, 0.6) is 0 Å². The summed E-state index contributed by atoms with van der Waals surface area (Å²) in [4.78, 5) is 0. The number of benzene rings is 2. The van der Waals surface area contributed by atoms with Crippen LogP contribution in [-0.4, -0.2) is 33.9 Å². The van der Waals surface area contributed by atoms with Gasteiger partial charge in [0.15, 0.2) is 0 Å². The predicted molar refractivity (Wildman–Crippen MR) is 156 cm³/mol. The van der Waals surface area contributed by atoms with E-state index < -0.39 is 40.2 Å². The van der Waals surface area contributed by atoms with Crippen molar-refractivity contribution >= 4 is 73.5 Å². The van der Waals surface area contributed by atoms with E-state index in [0.29, 0.717) is 0 Å². The fraction of sp³-hybridized carbons (Fsp3) is 0.214. The van der Waals surface area contributed by atoms with E-state index in [1.165, 1.54) is 69.6 Å². The average Bonchev–Trinajstić information content (AvgIpc) is 3.57. The zero-order chi connectivity index (χ0) is 24.6. The Balaban J connectivity index is 0.000000149. The Kier molecular flexibility index (Phi) is 11.4. The topological polar surface area (TPSA) is 0 Å². The average molecular weight is 728 g/mol. The fourth-order valence-corrected chi connectivity index (χ4v) is 14.3. The van der Waals surface area contributed by atoms with Gasteiger partial charge in [0.25, 0.3) is 0 Å². The molecule has 0 saturated heterocycles. The van der Waals surface area contributed by atoms with Crippen LogP contribution in [0.25, 0.3) is 0 Å². The molecular formula is C28H26Cl4Se2Zn. The van der Waals surface area contributed by atoms with Gasteiger partial charge in [-0.15, -0.1) is 0 Å². The number of halogens is 4. The molecule has 2 aliphatic heterocycles.